The lowest BCUT2D eigenvalue weighted by Gasteiger charge is -2.41. The molecule has 1 saturated carbocycles. The zero-order chi connectivity index (χ0) is 19.1. The number of hydrogen-bond donors (Lipinski definition) is 1. The molecule has 0 radical (unpaired) electrons. The maximum Gasteiger partial charge on any atom is 0.0314 e. The van der Waals surface area contributed by atoms with Crippen LogP contribution in [0.2, 0.25) is 0 Å². The van der Waals surface area contributed by atoms with Crippen LogP contribution in [-0.2, 0) is 6.42 Å². The zero-order valence-electron chi connectivity index (χ0n) is 17.3. The first-order valence-electron chi connectivity index (χ1n) is 11.0. The Balaban J connectivity index is 1.68. The molecule has 1 aliphatic carbocycles. The number of nitrogen functional groups attached to an aromatic ring is 1. The first-order chi connectivity index (χ1) is 13.1. The highest BCUT2D eigenvalue weighted by atomic mass is 14.5. The number of nitrogens with two attached hydrogens (primary N) is 1. The van der Waals surface area contributed by atoms with Gasteiger partial charge in [0.25, 0.3) is 0 Å². The van der Waals surface area contributed by atoms with Crippen molar-refractivity contribution >= 4 is 5.69 Å². The molecule has 0 unspecified atom stereocenters. The monoisotopic (exact) mass is 363 g/mol. The minimum atomic E-state index is 0.490. The SMILES string of the molecule is CCCCCCC1(Cc2ccc(N)cc2)CCC(c2cccc(C)c2)CC1. The summed E-state index contributed by atoms with van der Waals surface area (Å²) in [6, 6.07) is 17.8. The highest BCUT2D eigenvalue weighted by Crippen LogP contribution is 2.48. The normalized spacial score (nSPS) is 22.7. The predicted octanol–water partition coefficient (Wildman–Crippen LogP) is 7.43. The molecule has 0 saturated heterocycles. The largest absolute Gasteiger partial charge is 0.399 e. The van der Waals surface area contributed by atoms with E-state index in [4.69, 9.17) is 5.73 Å². The summed E-state index contributed by atoms with van der Waals surface area (Å²) in [6.07, 6.45) is 13.5. The van der Waals surface area contributed by atoms with Crippen molar-refractivity contribution in [1.29, 1.82) is 0 Å². The summed E-state index contributed by atoms with van der Waals surface area (Å²) in [5.41, 5.74) is 11.7. The van der Waals surface area contributed by atoms with Gasteiger partial charge < -0.3 is 5.73 Å². The molecular weight excluding hydrogens is 326 g/mol. The van der Waals surface area contributed by atoms with Crippen molar-refractivity contribution in [2.75, 3.05) is 5.73 Å². The Kier molecular flexibility index (Phi) is 6.99. The van der Waals surface area contributed by atoms with Crippen LogP contribution in [0.3, 0.4) is 0 Å². The lowest BCUT2D eigenvalue weighted by molar-refractivity contribution is 0.152. The summed E-state index contributed by atoms with van der Waals surface area (Å²) in [5, 5.41) is 0. The van der Waals surface area contributed by atoms with Gasteiger partial charge in [-0.3, -0.25) is 0 Å². The van der Waals surface area contributed by atoms with Gasteiger partial charge in [-0.15, -0.1) is 0 Å². The molecule has 1 heteroatoms. The molecule has 0 bridgehead atoms. The van der Waals surface area contributed by atoms with Gasteiger partial charge in [-0.25, -0.2) is 0 Å². The van der Waals surface area contributed by atoms with Crippen LogP contribution in [0.4, 0.5) is 5.69 Å². The molecule has 27 heavy (non-hydrogen) atoms. The van der Waals surface area contributed by atoms with Crippen LogP contribution in [0.15, 0.2) is 48.5 Å². The maximum absolute atomic E-state index is 5.90. The third-order valence-electron chi connectivity index (χ3n) is 6.68. The Morgan fingerprint density at radius 2 is 1.70 bits per heavy atom. The molecule has 0 aliphatic heterocycles. The van der Waals surface area contributed by atoms with Gasteiger partial charge in [-0.2, -0.15) is 0 Å². The van der Waals surface area contributed by atoms with Gasteiger partial charge in [0.05, 0.1) is 0 Å². The van der Waals surface area contributed by atoms with Gasteiger partial charge in [0, 0.05) is 5.69 Å². The molecule has 0 atom stereocenters. The topological polar surface area (TPSA) is 26.0 Å². The Morgan fingerprint density at radius 1 is 0.963 bits per heavy atom. The van der Waals surface area contributed by atoms with Gasteiger partial charge >= 0.3 is 0 Å². The van der Waals surface area contributed by atoms with Gasteiger partial charge in [-0.05, 0) is 80.0 Å². The van der Waals surface area contributed by atoms with Crippen molar-refractivity contribution in [3.8, 4) is 0 Å². The van der Waals surface area contributed by atoms with E-state index in [9.17, 15) is 0 Å². The summed E-state index contributed by atoms with van der Waals surface area (Å²) >= 11 is 0. The lowest BCUT2D eigenvalue weighted by Crippen LogP contribution is -2.29. The van der Waals surface area contributed by atoms with Crippen LogP contribution >= 0.6 is 0 Å². The molecule has 146 valence electrons. The second-order valence-electron chi connectivity index (χ2n) is 8.92. The van der Waals surface area contributed by atoms with Crippen molar-refractivity contribution in [3.05, 3.63) is 65.2 Å². The third-order valence-corrected chi connectivity index (χ3v) is 6.68. The van der Waals surface area contributed by atoms with E-state index in [1.165, 1.54) is 75.3 Å². The minimum absolute atomic E-state index is 0.490. The van der Waals surface area contributed by atoms with E-state index in [0.29, 0.717) is 5.41 Å². The molecule has 1 fully saturated rings. The molecule has 2 aromatic carbocycles. The molecule has 1 aliphatic rings. The molecule has 0 spiro atoms. The maximum atomic E-state index is 5.90. The van der Waals surface area contributed by atoms with Crippen molar-refractivity contribution in [3.63, 3.8) is 0 Å². The predicted molar refractivity (Wildman–Crippen MR) is 118 cm³/mol. The minimum Gasteiger partial charge on any atom is -0.399 e. The lowest BCUT2D eigenvalue weighted by atomic mass is 9.64. The van der Waals surface area contributed by atoms with Gasteiger partial charge in [0.1, 0.15) is 0 Å². The van der Waals surface area contributed by atoms with Crippen LogP contribution in [0.5, 0.6) is 0 Å². The Bertz CT molecular complexity index is 692. The number of anilines is 1. The standard InChI is InChI=1S/C26H37N/c1-3-4-5-6-16-26(20-22-10-12-25(27)13-11-22)17-14-23(15-18-26)24-9-7-8-21(2)19-24/h7-13,19,23H,3-6,14-18,20,27H2,1-2H3. The highest BCUT2D eigenvalue weighted by Gasteiger charge is 2.35. The molecule has 0 aromatic heterocycles. The van der Waals surface area contributed by atoms with Crippen molar-refractivity contribution in [2.45, 2.75) is 84.0 Å². The molecule has 1 nitrogen and oxygen atoms in total. The quantitative estimate of drug-likeness (QED) is 0.383. The molecular formula is C26H37N. The van der Waals surface area contributed by atoms with Crippen LogP contribution in [0.25, 0.3) is 0 Å². The Hall–Kier alpha value is -1.76. The first-order valence-corrected chi connectivity index (χ1v) is 11.0. The number of hydrogen-bond acceptors (Lipinski definition) is 1. The van der Waals surface area contributed by atoms with E-state index in [-0.39, 0.29) is 0 Å². The fraction of sp³-hybridized carbons (Fsp3) is 0.538. The molecule has 2 N–H and O–H groups in total. The second kappa shape index (κ2) is 9.44. The number of rotatable bonds is 8. The average molecular weight is 364 g/mol. The zero-order valence-corrected chi connectivity index (χ0v) is 17.3. The summed E-state index contributed by atoms with van der Waals surface area (Å²) in [6.45, 7) is 4.52. The van der Waals surface area contributed by atoms with E-state index >= 15 is 0 Å². The van der Waals surface area contributed by atoms with Crippen molar-refractivity contribution < 1.29 is 0 Å². The van der Waals surface area contributed by atoms with Gasteiger partial charge in [0.2, 0.25) is 0 Å². The summed E-state index contributed by atoms with van der Waals surface area (Å²) in [5.74, 6) is 0.750. The second-order valence-corrected chi connectivity index (χ2v) is 8.92. The number of aryl methyl sites for hydroxylation is 1. The Morgan fingerprint density at radius 3 is 2.37 bits per heavy atom. The highest BCUT2D eigenvalue weighted by molar-refractivity contribution is 5.39. The fourth-order valence-electron chi connectivity index (χ4n) is 5.00. The van der Waals surface area contributed by atoms with E-state index in [2.05, 4.69) is 62.4 Å². The van der Waals surface area contributed by atoms with E-state index in [1.54, 1.807) is 5.56 Å². The van der Waals surface area contributed by atoms with E-state index in [1.807, 2.05) is 0 Å². The van der Waals surface area contributed by atoms with E-state index < -0.39 is 0 Å². The fourth-order valence-corrected chi connectivity index (χ4v) is 5.00. The first kappa shape index (κ1) is 20.0. The Labute approximate surface area is 166 Å². The van der Waals surface area contributed by atoms with Crippen LogP contribution in [0, 0.1) is 12.3 Å². The van der Waals surface area contributed by atoms with Gasteiger partial charge in [-0.1, -0.05) is 74.6 Å². The number of unbranched alkanes of at least 4 members (excludes halogenated alkanes) is 3. The third kappa shape index (κ3) is 5.61. The van der Waals surface area contributed by atoms with Crippen molar-refractivity contribution in [2.24, 2.45) is 5.41 Å². The molecule has 0 amide bonds. The van der Waals surface area contributed by atoms with E-state index in [0.717, 1.165) is 11.6 Å². The van der Waals surface area contributed by atoms with Crippen LogP contribution in [-0.4, -0.2) is 0 Å². The summed E-state index contributed by atoms with van der Waals surface area (Å²) < 4.78 is 0. The summed E-state index contributed by atoms with van der Waals surface area (Å²) in [4.78, 5) is 0. The van der Waals surface area contributed by atoms with Crippen LogP contribution in [0.1, 0.15) is 87.3 Å². The molecule has 0 heterocycles. The molecule has 2 aromatic rings. The van der Waals surface area contributed by atoms with Gasteiger partial charge in [0.15, 0.2) is 0 Å². The summed E-state index contributed by atoms with van der Waals surface area (Å²) in [7, 11) is 0. The smallest absolute Gasteiger partial charge is 0.0314 e. The average Bonchev–Trinajstić information content (AvgIpc) is 2.68. The number of benzene rings is 2. The molecule has 3 rings (SSSR count). The van der Waals surface area contributed by atoms with Crippen molar-refractivity contribution in [1.82, 2.24) is 0 Å². The van der Waals surface area contributed by atoms with Crippen LogP contribution < -0.4 is 5.73 Å².